The SMILES string of the molecule is COc1cc(/C=C2/CC(C)C/C(=C\c3ccc(OCC(C)C)c(OC)c3)C2=O)ccc1OCC(C)C. The zero-order valence-electron chi connectivity index (χ0n) is 22.7. The van der Waals surface area contributed by atoms with Crippen molar-refractivity contribution in [3.8, 4) is 23.0 Å². The molecule has 1 saturated carbocycles. The molecular formula is C31H40O5. The molecule has 0 amide bonds. The van der Waals surface area contributed by atoms with E-state index in [1.54, 1.807) is 14.2 Å². The Morgan fingerprint density at radius 3 is 1.53 bits per heavy atom. The number of allylic oxidation sites excluding steroid dienone is 2. The summed E-state index contributed by atoms with van der Waals surface area (Å²) in [5.41, 5.74) is 3.46. The number of carbonyl (C=O) groups excluding carboxylic acids is 1. The normalized spacial score (nSPS) is 18.2. The summed E-state index contributed by atoms with van der Waals surface area (Å²) in [6.45, 7) is 11.9. The smallest absolute Gasteiger partial charge is 0.185 e. The van der Waals surface area contributed by atoms with Gasteiger partial charge < -0.3 is 18.9 Å². The zero-order valence-corrected chi connectivity index (χ0v) is 22.7. The summed E-state index contributed by atoms with van der Waals surface area (Å²) in [5.74, 6) is 4.07. The fourth-order valence-electron chi connectivity index (χ4n) is 4.17. The zero-order chi connectivity index (χ0) is 26.2. The second-order valence-corrected chi connectivity index (χ2v) is 10.4. The van der Waals surface area contributed by atoms with Crippen molar-refractivity contribution in [3.05, 3.63) is 58.7 Å². The van der Waals surface area contributed by atoms with Gasteiger partial charge in [-0.05, 0) is 78.1 Å². The van der Waals surface area contributed by atoms with Crippen molar-refractivity contribution in [2.45, 2.75) is 47.5 Å². The van der Waals surface area contributed by atoms with E-state index in [0.717, 1.165) is 35.1 Å². The molecule has 36 heavy (non-hydrogen) atoms. The van der Waals surface area contributed by atoms with Crippen LogP contribution in [0.15, 0.2) is 47.5 Å². The van der Waals surface area contributed by atoms with Gasteiger partial charge in [0.05, 0.1) is 27.4 Å². The van der Waals surface area contributed by atoms with Crippen molar-refractivity contribution in [1.82, 2.24) is 0 Å². The molecule has 1 atom stereocenters. The van der Waals surface area contributed by atoms with Crippen molar-refractivity contribution in [1.29, 1.82) is 0 Å². The van der Waals surface area contributed by atoms with Gasteiger partial charge in [0.15, 0.2) is 28.8 Å². The van der Waals surface area contributed by atoms with Crippen LogP contribution in [-0.4, -0.2) is 33.2 Å². The van der Waals surface area contributed by atoms with E-state index in [4.69, 9.17) is 18.9 Å². The topological polar surface area (TPSA) is 54.0 Å². The molecule has 0 saturated heterocycles. The summed E-state index contributed by atoms with van der Waals surface area (Å²) in [6, 6.07) is 11.6. The lowest BCUT2D eigenvalue weighted by atomic mass is 9.81. The summed E-state index contributed by atoms with van der Waals surface area (Å²) >= 11 is 0. The standard InChI is InChI=1S/C31H40O5/c1-20(2)18-35-27-10-8-23(16-29(27)33-6)14-25-12-22(5)13-26(31(25)32)15-24-9-11-28(30(17-24)34-7)36-19-21(3)4/h8-11,14-17,20-22H,12-13,18-19H2,1-7H3/b25-14-,26-15+. The fourth-order valence-corrected chi connectivity index (χ4v) is 4.17. The molecule has 0 N–H and O–H groups in total. The van der Waals surface area contributed by atoms with Crippen LogP contribution in [0.5, 0.6) is 23.0 Å². The summed E-state index contributed by atoms with van der Waals surface area (Å²) in [7, 11) is 3.27. The molecular weight excluding hydrogens is 452 g/mol. The number of carbonyl (C=O) groups is 1. The van der Waals surface area contributed by atoms with Gasteiger partial charge in [0, 0.05) is 11.1 Å². The fraction of sp³-hybridized carbons (Fsp3) is 0.452. The highest BCUT2D eigenvalue weighted by Crippen LogP contribution is 2.35. The third kappa shape index (κ3) is 7.39. The number of ketones is 1. The number of methoxy groups -OCH3 is 2. The number of ether oxygens (including phenoxy) is 4. The van der Waals surface area contributed by atoms with Gasteiger partial charge in [-0.3, -0.25) is 4.79 Å². The molecule has 0 heterocycles. The first-order chi connectivity index (χ1) is 17.2. The van der Waals surface area contributed by atoms with Crippen LogP contribution < -0.4 is 18.9 Å². The first kappa shape index (κ1) is 27.4. The molecule has 2 aromatic carbocycles. The van der Waals surface area contributed by atoms with Gasteiger partial charge in [0.25, 0.3) is 0 Å². The van der Waals surface area contributed by atoms with Gasteiger partial charge in [-0.2, -0.15) is 0 Å². The van der Waals surface area contributed by atoms with Crippen LogP contribution in [0.25, 0.3) is 12.2 Å². The maximum Gasteiger partial charge on any atom is 0.185 e. The summed E-state index contributed by atoms with van der Waals surface area (Å²) in [4.78, 5) is 13.4. The first-order valence-corrected chi connectivity index (χ1v) is 12.8. The van der Waals surface area contributed by atoms with Crippen molar-refractivity contribution < 1.29 is 23.7 Å². The molecule has 194 valence electrons. The summed E-state index contributed by atoms with van der Waals surface area (Å²) in [5, 5.41) is 0. The van der Waals surface area contributed by atoms with Crippen LogP contribution in [0.3, 0.4) is 0 Å². The molecule has 5 heteroatoms. The Balaban J connectivity index is 1.85. The highest BCUT2D eigenvalue weighted by Gasteiger charge is 2.25. The molecule has 0 radical (unpaired) electrons. The van der Waals surface area contributed by atoms with Crippen molar-refractivity contribution in [3.63, 3.8) is 0 Å². The summed E-state index contributed by atoms with van der Waals surface area (Å²) < 4.78 is 22.8. The van der Waals surface area contributed by atoms with E-state index in [0.29, 0.717) is 54.0 Å². The molecule has 1 unspecified atom stereocenters. The quantitative estimate of drug-likeness (QED) is 0.327. The lowest BCUT2D eigenvalue weighted by molar-refractivity contribution is -0.113. The minimum Gasteiger partial charge on any atom is -0.493 e. The van der Waals surface area contributed by atoms with Gasteiger partial charge in [0.2, 0.25) is 0 Å². The predicted octanol–water partition coefficient (Wildman–Crippen LogP) is 7.24. The van der Waals surface area contributed by atoms with Crippen molar-refractivity contribution in [2.75, 3.05) is 27.4 Å². The van der Waals surface area contributed by atoms with E-state index in [1.165, 1.54) is 0 Å². The maximum atomic E-state index is 13.4. The number of hydrogen-bond acceptors (Lipinski definition) is 5. The van der Waals surface area contributed by atoms with Gasteiger partial charge in [-0.25, -0.2) is 0 Å². The average molecular weight is 493 g/mol. The van der Waals surface area contributed by atoms with Crippen LogP contribution in [0.2, 0.25) is 0 Å². The second kappa shape index (κ2) is 12.7. The Morgan fingerprint density at radius 2 is 1.17 bits per heavy atom. The Kier molecular flexibility index (Phi) is 9.63. The van der Waals surface area contributed by atoms with Crippen molar-refractivity contribution >= 4 is 17.9 Å². The van der Waals surface area contributed by atoms with E-state index >= 15 is 0 Å². The molecule has 0 aromatic heterocycles. The molecule has 0 bridgehead atoms. The van der Waals surface area contributed by atoms with Crippen LogP contribution >= 0.6 is 0 Å². The van der Waals surface area contributed by atoms with Gasteiger partial charge >= 0.3 is 0 Å². The minimum atomic E-state index is 0.0892. The number of rotatable bonds is 10. The average Bonchev–Trinajstić information content (AvgIpc) is 2.84. The largest absolute Gasteiger partial charge is 0.493 e. The highest BCUT2D eigenvalue weighted by molar-refractivity contribution is 6.14. The molecule has 1 fully saturated rings. The lowest BCUT2D eigenvalue weighted by Crippen LogP contribution is -2.18. The van der Waals surface area contributed by atoms with E-state index in [2.05, 4.69) is 34.6 Å². The highest BCUT2D eigenvalue weighted by atomic mass is 16.5. The Labute approximate surface area is 216 Å². The molecule has 1 aliphatic rings. The van der Waals surface area contributed by atoms with E-state index in [1.807, 2.05) is 48.6 Å². The van der Waals surface area contributed by atoms with E-state index < -0.39 is 0 Å². The Bertz CT molecular complexity index is 1020. The van der Waals surface area contributed by atoms with E-state index in [9.17, 15) is 4.79 Å². The first-order valence-electron chi connectivity index (χ1n) is 12.8. The number of hydrogen-bond donors (Lipinski definition) is 0. The van der Waals surface area contributed by atoms with Gasteiger partial charge in [-0.15, -0.1) is 0 Å². The Hall–Kier alpha value is -3.21. The number of Topliss-reactive ketones (excluding diaryl/α,β-unsaturated/α-hetero) is 1. The van der Waals surface area contributed by atoms with Crippen LogP contribution in [0, 0.1) is 17.8 Å². The number of benzene rings is 2. The molecule has 3 rings (SSSR count). The maximum absolute atomic E-state index is 13.4. The van der Waals surface area contributed by atoms with Crippen LogP contribution in [-0.2, 0) is 4.79 Å². The van der Waals surface area contributed by atoms with Crippen LogP contribution in [0.1, 0.15) is 58.6 Å². The molecule has 5 nitrogen and oxygen atoms in total. The van der Waals surface area contributed by atoms with Crippen LogP contribution in [0.4, 0.5) is 0 Å². The lowest BCUT2D eigenvalue weighted by Gasteiger charge is -2.23. The minimum absolute atomic E-state index is 0.0892. The summed E-state index contributed by atoms with van der Waals surface area (Å²) in [6.07, 6.45) is 5.44. The predicted molar refractivity (Wildman–Crippen MR) is 146 cm³/mol. The van der Waals surface area contributed by atoms with Gasteiger partial charge in [0.1, 0.15) is 0 Å². The third-order valence-corrected chi connectivity index (χ3v) is 5.92. The molecule has 0 aliphatic heterocycles. The second-order valence-electron chi connectivity index (χ2n) is 10.4. The van der Waals surface area contributed by atoms with Crippen molar-refractivity contribution in [2.24, 2.45) is 17.8 Å². The Morgan fingerprint density at radius 1 is 0.750 bits per heavy atom. The van der Waals surface area contributed by atoms with E-state index in [-0.39, 0.29) is 5.78 Å². The van der Waals surface area contributed by atoms with Gasteiger partial charge in [-0.1, -0.05) is 46.8 Å². The molecule has 2 aromatic rings. The third-order valence-electron chi connectivity index (χ3n) is 5.92. The molecule has 0 spiro atoms. The molecule has 1 aliphatic carbocycles. The monoisotopic (exact) mass is 492 g/mol.